The minimum atomic E-state index is -1.53. The molecule has 138 valence electrons. The molecule has 1 aliphatic rings. The molecule has 1 N–H and O–H groups in total. The number of piperidine rings is 1. The summed E-state index contributed by atoms with van der Waals surface area (Å²) in [5.74, 6) is -2.32. The molecule has 1 saturated heterocycles. The summed E-state index contributed by atoms with van der Waals surface area (Å²) in [6, 6.07) is 3.97. The number of alkyl carbamates (subject to hydrolysis) is 1. The number of carbonyl (C=O) groups excluding carboxylic acids is 2. The molecule has 0 aliphatic carbocycles. The molecule has 0 saturated carbocycles. The van der Waals surface area contributed by atoms with Gasteiger partial charge in [0.05, 0.1) is 5.97 Å². The van der Waals surface area contributed by atoms with Crippen LogP contribution < -0.4 is 29.3 Å². The zero-order valence-electron chi connectivity index (χ0n) is 15.8. The zero-order chi connectivity index (χ0) is 18.6. The maximum Gasteiger partial charge on any atom is 1.00 e. The summed E-state index contributed by atoms with van der Waals surface area (Å²) < 4.78 is 18.7. The number of amides is 1. The molecule has 0 aromatic heterocycles. The van der Waals surface area contributed by atoms with Gasteiger partial charge in [0, 0.05) is 24.7 Å². The minimum absolute atomic E-state index is 0. The molecule has 2 rings (SSSR count). The van der Waals surface area contributed by atoms with E-state index in [1.807, 2.05) is 20.8 Å². The number of ether oxygens (including phenoxy) is 1. The number of nitrogens with zero attached hydrogens (tertiary/aromatic N) is 1. The van der Waals surface area contributed by atoms with E-state index in [0.717, 1.165) is 25.5 Å². The predicted molar refractivity (Wildman–Crippen MR) is 88.4 cm³/mol. The summed E-state index contributed by atoms with van der Waals surface area (Å²) in [5.41, 5.74) is -0.287. The fraction of sp³-hybridized carbons (Fsp3) is 0.556. The normalized spacial score (nSPS) is 17.9. The Balaban J connectivity index is 0.00000338. The Kier molecular flexibility index (Phi) is 8.13. The third-order valence-electron chi connectivity index (χ3n) is 3.88. The predicted octanol–water partition coefficient (Wildman–Crippen LogP) is -1.32. The fourth-order valence-corrected chi connectivity index (χ4v) is 2.88. The number of rotatable bonds is 4. The van der Waals surface area contributed by atoms with Crippen molar-refractivity contribution >= 4 is 12.1 Å². The molecule has 0 unspecified atom stereocenters. The molecule has 1 fully saturated rings. The van der Waals surface area contributed by atoms with Crippen LogP contribution in [0.1, 0.15) is 49.5 Å². The van der Waals surface area contributed by atoms with Gasteiger partial charge in [-0.2, -0.15) is 0 Å². The molecule has 0 spiro atoms. The Morgan fingerprint density at radius 2 is 2.08 bits per heavy atom. The van der Waals surface area contributed by atoms with E-state index in [-0.39, 0.29) is 24.9 Å². The molecule has 0 bridgehead atoms. The van der Waals surface area contributed by atoms with Gasteiger partial charge in [-0.1, -0.05) is 6.07 Å². The van der Waals surface area contributed by atoms with Gasteiger partial charge in [-0.3, -0.25) is 4.90 Å². The van der Waals surface area contributed by atoms with Gasteiger partial charge < -0.3 is 20.0 Å². The molecule has 26 heavy (non-hydrogen) atoms. The number of benzene rings is 1. The number of nitrogens with one attached hydrogen (secondary N) is 1. The Labute approximate surface area is 165 Å². The smallest absolute Gasteiger partial charge is 0.545 e. The Morgan fingerprint density at radius 3 is 2.69 bits per heavy atom. The van der Waals surface area contributed by atoms with Crippen molar-refractivity contribution in [3.8, 4) is 0 Å². The Morgan fingerprint density at radius 1 is 1.38 bits per heavy atom. The van der Waals surface area contributed by atoms with Crippen LogP contribution in [0.5, 0.6) is 0 Å². The number of carbonyl (C=O) groups is 2. The van der Waals surface area contributed by atoms with Crippen LogP contribution in [-0.2, 0) is 11.3 Å². The van der Waals surface area contributed by atoms with Gasteiger partial charge in [0.2, 0.25) is 0 Å². The second-order valence-electron chi connectivity index (χ2n) is 7.32. The molecule has 1 aliphatic heterocycles. The van der Waals surface area contributed by atoms with Crippen molar-refractivity contribution in [3.63, 3.8) is 0 Å². The third-order valence-corrected chi connectivity index (χ3v) is 3.88. The van der Waals surface area contributed by atoms with Gasteiger partial charge in [0.1, 0.15) is 11.4 Å². The van der Waals surface area contributed by atoms with Gasteiger partial charge in [-0.25, -0.2) is 9.18 Å². The van der Waals surface area contributed by atoms with Crippen LogP contribution in [-0.4, -0.2) is 41.7 Å². The van der Waals surface area contributed by atoms with Crippen LogP contribution in [0.3, 0.4) is 0 Å². The first kappa shape index (κ1) is 22.5. The fourth-order valence-electron chi connectivity index (χ4n) is 2.88. The average Bonchev–Trinajstić information content (AvgIpc) is 2.47. The van der Waals surface area contributed by atoms with E-state index in [1.54, 1.807) is 6.07 Å². The Hall–Kier alpha value is -1.55. The summed E-state index contributed by atoms with van der Waals surface area (Å²) in [7, 11) is 0. The van der Waals surface area contributed by atoms with Gasteiger partial charge >= 0.3 is 25.0 Å². The van der Waals surface area contributed by atoms with Crippen LogP contribution in [0.4, 0.5) is 9.18 Å². The molecule has 1 heterocycles. The van der Waals surface area contributed by atoms with Crippen molar-refractivity contribution in [3.05, 3.63) is 35.1 Å². The van der Waals surface area contributed by atoms with Crippen LogP contribution in [0.15, 0.2) is 18.2 Å². The molecule has 1 atom stereocenters. The number of hydrogen-bond donors (Lipinski definition) is 1. The molecule has 1 aromatic carbocycles. The quantitative estimate of drug-likeness (QED) is 0.676. The Bertz CT molecular complexity index is 649. The van der Waals surface area contributed by atoms with Crippen molar-refractivity contribution in [2.75, 3.05) is 13.1 Å². The van der Waals surface area contributed by atoms with E-state index < -0.39 is 29.0 Å². The largest absolute Gasteiger partial charge is 1.00 e. The zero-order valence-corrected chi connectivity index (χ0v) is 15.8. The van der Waals surface area contributed by atoms with Crippen LogP contribution >= 0.6 is 0 Å². The molecule has 1 aromatic rings. The van der Waals surface area contributed by atoms with Crippen molar-refractivity contribution < 1.29 is 42.7 Å². The van der Waals surface area contributed by atoms with E-state index >= 15 is 0 Å². The number of carboxylic acid groups (broad SMARTS) is 1. The summed E-state index contributed by atoms with van der Waals surface area (Å²) in [6.07, 6.45) is 1.30. The molecule has 6 nitrogen and oxygen atoms in total. The van der Waals surface area contributed by atoms with Crippen molar-refractivity contribution in [2.45, 2.75) is 51.8 Å². The molecule has 1 amide bonds. The first-order chi connectivity index (χ1) is 11.6. The number of carboxylic acids is 1. The topological polar surface area (TPSA) is 81.7 Å². The minimum Gasteiger partial charge on any atom is -0.545 e. The first-order valence-corrected chi connectivity index (χ1v) is 8.36. The van der Waals surface area contributed by atoms with Crippen LogP contribution in [0.25, 0.3) is 0 Å². The second kappa shape index (κ2) is 9.40. The third kappa shape index (κ3) is 6.99. The number of aromatic carboxylic acids is 1. The number of halogens is 1. The summed E-state index contributed by atoms with van der Waals surface area (Å²) in [5, 5.41) is 13.8. The number of hydrogen-bond acceptors (Lipinski definition) is 5. The van der Waals surface area contributed by atoms with Crippen molar-refractivity contribution in [1.29, 1.82) is 0 Å². The summed E-state index contributed by atoms with van der Waals surface area (Å²) >= 11 is 0. The van der Waals surface area contributed by atoms with Gasteiger partial charge in [-0.15, -0.1) is 0 Å². The van der Waals surface area contributed by atoms with Crippen LogP contribution in [0, 0.1) is 5.82 Å². The van der Waals surface area contributed by atoms with Gasteiger partial charge in [0.15, 0.2) is 0 Å². The SMILES string of the molecule is CC(C)(C)OC(=O)N[C@@H]1CCCN(Cc2ccc(F)c(C(=O)[O-])c2)C1.[Li+]. The summed E-state index contributed by atoms with van der Waals surface area (Å²) in [4.78, 5) is 24.9. The van der Waals surface area contributed by atoms with Gasteiger partial charge in [0.25, 0.3) is 0 Å². The maximum atomic E-state index is 13.4. The van der Waals surface area contributed by atoms with E-state index in [9.17, 15) is 19.1 Å². The van der Waals surface area contributed by atoms with E-state index in [2.05, 4.69) is 10.2 Å². The summed E-state index contributed by atoms with van der Waals surface area (Å²) in [6.45, 7) is 7.35. The van der Waals surface area contributed by atoms with Crippen molar-refractivity contribution in [1.82, 2.24) is 10.2 Å². The second-order valence-corrected chi connectivity index (χ2v) is 7.32. The molecule has 8 heteroatoms. The van der Waals surface area contributed by atoms with Crippen molar-refractivity contribution in [2.24, 2.45) is 0 Å². The van der Waals surface area contributed by atoms with Gasteiger partial charge in [-0.05, 0) is 57.9 Å². The maximum absolute atomic E-state index is 13.4. The van der Waals surface area contributed by atoms with E-state index in [1.165, 1.54) is 6.07 Å². The monoisotopic (exact) mass is 358 g/mol. The van der Waals surface area contributed by atoms with E-state index in [4.69, 9.17) is 4.74 Å². The number of likely N-dealkylation sites (tertiary alicyclic amines) is 1. The molecular weight excluding hydrogens is 334 g/mol. The molecular formula is C18H24FLiN2O4. The average molecular weight is 358 g/mol. The first-order valence-electron chi connectivity index (χ1n) is 8.36. The standard InChI is InChI=1S/C18H25FN2O4.Li/c1-18(2,3)25-17(24)20-13-5-4-8-21(11-13)10-12-6-7-15(19)14(9-12)16(22)23;/h6-7,9,13H,4-5,8,10-11H2,1-3H3,(H,20,24)(H,22,23);/q;+1/p-1/t13-;/m1./s1. The van der Waals surface area contributed by atoms with E-state index in [0.29, 0.717) is 18.7 Å². The molecule has 0 radical (unpaired) electrons. The van der Waals surface area contributed by atoms with Crippen LogP contribution in [0.2, 0.25) is 0 Å².